The van der Waals surface area contributed by atoms with Crippen LogP contribution in [-0.2, 0) is 23.5 Å². The molecule has 1 aliphatic rings. The highest BCUT2D eigenvalue weighted by atomic mass is 32.2. The highest BCUT2D eigenvalue weighted by Gasteiger charge is 2.33. The molecule has 1 aromatic heterocycles. The summed E-state index contributed by atoms with van der Waals surface area (Å²) in [7, 11) is -2.37. The van der Waals surface area contributed by atoms with Gasteiger partial charge in [0.1, 0.15) is 5.69 Å². The molecule has 25 heavy (non-hydrogen) atoms. The lowest BCUT2D eigenvalue weighted by Gasteiger charge is -2.09. The van der Waals surface area contributed by atoms with Gasteiger partial charge in [0.15, 0.2) is 16.7 Å². The van der Waals surface area contributed by atoms with Crippen LogP contribution in [0.1, 0.15) is 29.4 Å². The first-order valence-corrected chi connectivity index (χ1v) is 9.02. The third-order valence-corrected chi connectivity index (χ3v) is 5.49. The predicted molar refractivity (Wildman–Crippen MR) is 85.6 cm³/mol. The molecule has 2 heterocycles. The largest absolute Gasteiger partial charge is 0.321 e. The van der Waals surface area contributed by atoms with Crippen molar-refractivity contribution in [3.05, 3.63) is 41.1 Å². The van der Waals surface area contributed by atoms with E-state index in [2.05, 4.69) is 15.1 Å². The van der Waals surface area contributed by atoms with Gasteiger partial charge in [-0.1, -0.05) is 0 Å². The molecule has 2 N–H and O–H groups in total. The van der Waals surface area contributed by atoms with Gasteiger partial charge in [-0.15, -0.1) is 0 Å². The summed E-state index contributed by atoms with van der Waals surface area (Å²) < 4.78 is 54.6. The molecule has 10 heteroatoms. The third-order valence-electron chi connectivity index (χ3n) is 3.94. The smallest absolute Gasteiger partial charge is 0.274 e. The molecule has 0 fully saturated rings. The first-order chi connectivity index (χ1) is 11.7. The van der Waals surface area contributed by atoms with Crippen LogP contribution in [0.2, 0.25) is 0 Å². The van der Waals surface area contributed by atoms with Crippen molar-refractivity contribution in [3.8, 4) is 0 Å². The number of aryl methyl sites for hydroxylation is 1. The van der Waals surface area contributed by atoms with E-state index in [9.17, 15) is 22.0 Å². The highest BCUT2D eigenvalue weighted by molar-refractivity contribution is 7.89. The summed E-state index contributed by atoms with van der Waals surface area (Å²) in [6.07, 6.45) is 0.848. The number of fused-ring (bicyclic) bond motifs is 1. The maximum absolute atomic E-state index is 13.3. The standard InChI is InChI=1S/C15H16F2N4O3S/c1-8-3-5-10-13(21(2)19-15(10)25(23,24)20-8)14(22)18-9-4-6-11(16)12(17)7-9/h4,6-8,20H,3,5H2,1-2H3,(H,18,22). The minimum atomic E-state index is -3.82. The van der Waals surface area contributed by atoms with Crippen LogP contribution in [0.3, 0.4) is 0 Å². The molecule has 1 aliphatic heterocycles. The molecule has 0 radical (unpaired) electrons. The maximum Gasteiger partial charge on any atom is 0.274 e. The summed E-state index contributed by atoms with van der Waals surface area (Å²) in [4.78, 5) is 12.6. The minimum absolute atomic E-state index is 0.0572. The van der Waals surface area contributed by atoms with Gasteiger partial charge in [-0.2, -0.15) is 5.10 Å². The number of hydrogen-bond acceptors (Lipinski definition) is 4. The fraction of sp³-hybridized carbons (Fsp3) is 0.333. The number of nitrogens with zero attached hydrogens (tertiary/aromatic N) is 2. The molecule has 3 rings (SSSR count). The lowest BCUT2D eigenvalue weighted by molar-refractivity contribution is 0.101. The van der Waals surface area contributed by atoms with E-state index < -0.39 is 27.6 Å². The van der Waals surface area contributed by atoms with E-state index in [1.165, 1.54) is 17.8 Å². The van der Waals surface area contributed by atoms with Gasteiger partial charge >= 0.3 is 0 Å². The highest BCUT2D eigenvalue weighted by Crippen LogP contribution is 2.25. The van der Waals surface area contributed by atoms with Crippen molar-refractivity contribution in [3.63, 3.8) is 0 Å². The van der Waals surface area contributed by atoms with E-state index in [4.69, 9.17) is 0 Å². The van der Waals surface area contributed by atoms with E-state index in [0.717, 1.165) is 12.1 Å². The van der Waals surface area contributed by atoms with Crippen LogP contribution in [0.25, 0.3) is 0 Å². The van der Waals surface area contributed by atoms with E-state index in [-0.39, 0.29) is 22.4 Å². The molecule has 1 atom stereocenters. The van der Waals surface area contributed by atoms with Gasteiger partial charge in [-0.25, -0.2) is 21.9 Å². The molecule has 0 spiro atoms. The number of benzene rings is 1. The molecule has 0 bridgehead atoms. The summed E-state index contributed by atoms with van der Waals surface area (Å²) in [5.74, 6) is -2.77. The Bertz CT molecular complexity index is 956. The lowest BCUT2D eigenvalue weighted by Crippen LogP contribution is -2.31. The Morgan fingerprint density at radius 3 is 2.76 bits per heavy atom. The zero-order chi connectivity index (χ0) is 18.4. The van der Waals surface area contributed by atoms with E-state index >= 15 is 0 Å². The first-order valence-electron chi connectivity index (χ1n) is 7.53. The monoisotopic (exact) mass is 370 g/mol. The zero-order valence-electron chi connectivity index (χ0n) is 13.5. The van der Waals surface area contributed by atoms with Crippen LogP contribution in [0.4, 0.5) is 14.5 Å². The average molecular weight is 370 g/mol. The predicted octanol–water partition coefficient (Wildman–Crippen LogP) is 1.56. The number of carbonyl (C=O) groups excluding carboxylic acids is 1. The van der Waals surface area contributed by atoms with E-state index in [0.29, 0.717) is 18.4 Å². The van der Waals surface area contributed by atoms with Crippen LogP contribution in [0.15, 0.2) is 23.2 Å². The van der Waals surface area contributed by atoms with Gasteiger partial charge in [0.05, 0.1) is 0 Å². The number of halogens is 2. The number of aromatic nitrogens is 2. The minimum Gasteiger partial charge on any atom is -0.321 e. The summed E-state index contributed by atoms with van der Waals surface area (Å²) in [6.45, 7) is 1.73. The molecule has 7 nitrogen and oxygen atoms in total. The second-order valence-electron chi connectivity index (χ2n) is 5.90. The van der Waals surface area contributed by atoms with Gasteiger partial charge in [-0.05, 0) is 31.9 Å². The summed E-state index contributed by atoms with van der Waals surface area (Å²) in [6, 6.07) is 2.67. The Kier molecular flexibility index (Phi) is 4.33. The molecule has 134 valence electrons. The van der Waals surface area contributed by atoms with Gasteiger partial charge in [0.25, 0.3) is 15.9 Å². The lowest BCUT2D eigenvalue weighted by atomic mass is 10.1. The van der Waals surface area contributed by atoms with Crippen molar-refractivity contribution in [2.24, 2.45) is 7.05 Å². The molecule has 0 aliphatic carbocycles. The van der Waals surface area contributed by atoms with Crippen molar-refractivity contribution in [1.29, 1.82) is 0 Å². The van der Waals surface area contributed by atoms with Gasteiger partial charge in [0.2, 0.25) is 0 Å². The second-order valence-corrected chi connectivity index (χ2v) is 7.53. The molecule has 1 unspecified atom stereocenters. The van der Waals surface area contributed by atoms with Gasteiger partial charge in [0, 0.05) is 30.4 Å². The van der Waals surface area contributed by atoms with Crippen LogP contribution in [0.5, 0.6) is 0 Å². The molecule has 0 saturated carbocycles. The number of amides is 1. The molecule has 0 saturated heterocycles. The Morgan fingerprint density at radius 2 is 2.08 bits per heavy atom. The second kappa shape index (κ2) is 6.19. The van der Waals surface area contributed by atoms with Gasteiger partial charge < -0.3 is 5.32 Å². The number of sulfonamides is 1. The molecule has 1 amide bonds. The Labute approximate surface area is 143 Å². The van der Waals surface area contributed by atoms with Crippen LogP contribution < -0.4 is 10.0 Å². The summed E-state index contributed by atoms with van der Waals surface area (Å²) in [5, 5.41) is 6.22. The summed E-state index contributed by atoms with van der Waals surface area (Å²) in [5.41, 5.74) is 0.431. The Morgan fingerprint density at radius 1 is 1.36 bits per heavy atom. The van der Waals surface area contributed by atoms with Crippen LogP contribution in [-0.4, -0.2) is 30.1 Å². The molecular weight excluding hydrogens is 354 g/mol. The molecule has 1 aromatic carbocycles. The third kappa shape index (κ3) is 3.27. The fourth-order valence-corrected chi connectivity index (χ4v) is 4.29. The molecule has 2 aromatic rings. The molecular formula is C15H16F2N4O3S. The Hall–Kier alpha value is -2.33. The van der Waals surface area contributed by atoms with Crippen LogP contribution in [0, 0.1) is 11.6 Å². The quantitative estimate of drug-likeness (QED) is 0.839. The van der Waals surface area contributed by atoms with Crippen molar-refractivity contribution in [2.75, 3.05) is 5.32 Å². The number of rotatable bonds is 2. The topological polar surface area (TPSA) is 93.1 Å². The summed E-state index contributed by atoms with van der Waals surface area (Å²) >= 11 is 0. The van der Waals surface area contributed by atoms with Crippen molar-refractivity contribution in [2.45, 2.75) is 30.8 Å². The van der Waals surface area contributed by atoms with Crippen molar-refractivity contribution < 1.29 is 22.0 Å². The fourth-order valence-electron chi connectivity index (χ4n) is 2.77. The Balaban J connectivity index is 1.99. The zero-order valence-corrected chi connectivity index (χ0v) is 14.3. The number of anilines is 1. The average Bonchev–Trinajstić information content (AvgIpc) is 2.81. The van der Waals surface area contributed by atoms with Crippen molar-refractivity contribution >= 4 is 21.6 Å². The SMILES string of the molecule is CC1CCc2c(nn(C)c2C(=O)Nc2ccc(F)c(F)c2)S(=O)(=O)N1. The van der Waals surface area contributed by atoms with Crippen molar-refractivity contribution in [1.82, 2.24) is 14.5 Å². The van der Waals surface area contributed by atoms with E-state index in [1.807, 2.05) is 0 Å². The number of carbonyl (C=O) groups is 1. The van der Waals surface area contributed by atoms with Crippen LogP contribution >= 0.6 is 0 Å². The first kappa shape index (κ1) is 17.5. The maximum atomic E-state index is 13.3. The normalized spacial score (nSPS) is 19.1. The number of nitrogens with one attached hydrogen (secondary N) is 2. The van der Waals surface area contributed by atoms with E-state index in [1.54, 1.807) is 6.92 Å². The van der Waals surface area contributed by atoms with Gasteiger partial charge in [-0.3, -0.25) is 9.48 Å². The number of hydrogen-bond donors (Lipinski definition) is 2.